The normalized spacial score (nSPS) is 13.1. The van der Waals surface area contributed by atoms with E-state index in [1.54, 1.807) is 41.9 Å². The molecular formula is C29H26ClN3O2S2. The molecule has 1 aliphatic heterocycles. The number of hydrogen-bond acceptors (Lipinski definition) is 6. The van der Waals surface area contributed by atoms with E-state index in [-0.39, 0.29) is 18.3 Å². The van der Waals surface area contributed by atoms with Gasteiger partial charge >= 0.3 is 0 Å². The largest absolute Gasteiger partial charge is 0.497 e. The maximum Gasteiger partial charge on any atom is 0.256 e. The Morgan fingerprint density at radius 3 is 2.51 bits per heavy atom. The minimum atomic E-state index is -0.125. The van der Waals surface area contributed by atoms with Crippen molar-refractivity contribution in [2.45, 2.75) is 19.5 Å². The number of anilines is 1. The third-order valence-electron chi connectivity index (χ3n) is 6.47. The van der Waals surface area contributed by atoms with Gasteiger partial charge in [0, 0.05) is 35.6 Å². The van der Waals surface area contributed by atoms with Crippen molar-refractivity contribution in [2.75, 3.05) is 19.0 Å². The average Bonchev–Trinajstić information content (AvgIpc) is 3.49. The van der Waals surface area contributed by atoms with Gasteiger partial charge in [0.1, 0.15) is 15.8 Å². The molecule has 0 aliphatic carbocycles. The number of methoxy groups -OCH3 is 1. The molecule has 0 spiro atoms. The van der Waals surface area contributed by atoms with Crippen LogP contribution < -0.4 is 10.1 Å². The van der Waals surface area contributed by atoms with Gasteiger partial charge in [-0.1, -0.05) is 42.5 Å². The van der Waals surface area contributed by atoms with Crippen LogP contribution >= 0.6 is 35.1 Å². The highest BCUT2D eigenvalue weighted by molar-refractivity contribution is 7.23. The van der Waals surface area contributed by atoms with E-state index in [0.29, 0.717) is 5.56 Å². The number of thiazole rings is 1. The van der Waals surface area contributed by atoms with Crippen LogP contribution in [0.25, 0.3) is 20.8 Å². The Kier molecular flexibility index (Phi) is 7.58. The SMILES string of the molecule is COc1ccc(C(=O)Nc2sc3c(c2-c2nc4ccccc4s2)CCN(Cc2ccccc2)C3)cc1.Cl. The van der Waals surface area contributed by atoms with Crippen LogP contribution in [-0.2, 0) is 19.5 Å². The molecule has 0 saturated carbocycles. The zero-order valence-corrected chi connectivity index (χ0v) is 22.7. The summed E-state index contributed by atoms with van der Waals surface area (Å²) >= 11 is 3.37. The zero-order valence-electron chi connectivity index (χ0n) is 20.3. The number of halogens is 1. The van der Waals surface area contributed by atoms with Gasteiger partial charge in [0.05, 0.1) is 17.3 Å². The maximum atomic E-state index is 13.2. The average molecular weight is 548 g/mol. The van der Waals surface area contributed by atoms with Crippen molar-refractivity contribution < 1.29 is 9.53 Å². The molecule has 188 valence electrons. The molecular weight excluding hydrogens is 522 g/mol. The molecule has 0 bridgehead atoms. The Morgan fingerprint density at radius 1 is 1.00 bits per heavy atom. The van der Waals surface area contributed by atoms with Crippen LogP contribution in [-0.4, -0.2) is 29.4 Å². The number of para-hydroxylation sites is 1. The predicted octanol–water partition coefficient (Wildman–Crippen LogP) is 7.27. The van der Waals surface area contributed by atoms with Crippen molar-refractivity contribution in [1.82, 2.24) is 9.88 Å². The fraction of sp³-hybridized carbons (Fsp3) is 0.172. The number of hydrogen-bond donors (Lipinski definition) is 1. The minimum absolute atomic E-state index is 0. The Labute approximate surface area is 230 Å². The van der Waals surface area contributed by atoms with E-state index in [1.807, 2.05) is 30.3 Å². The lowest BCUT2D eigenvalue weighted by Gasteiger charge is -2.27. The topological polar surface area (TPSA) is 54.5 Å². The van der Waals surface area contributed by atoms with Gasteiger partial charge in [0.2, 0.25) is 0 Å². The highest BCUT2D eigenvalue weighted by atomic mass is 35.5. The quantitative estimate of drug-likeness (QED) is 0.243. The number of ether oxygens (including phenoxy) is 1. The second kappa shape index (κ2) is 11.0. The summed E-state index contributed by atoms with van der Waals surface area (Å²) < 4.78 is 6.39. The second-order valence-corrected chi connectivity index (χ2v) is 11.0. The third kappa shape index (κ3) is 5.26. The van der Waals surface area contributed by atoms with Crippen molar-refractivity contribution in [3.05, 3.63) is 100 Å². The van der Waals surface area contributed by atoms with E-state index in [2.05, 4.69) is 46.6 Å². The zero-order chi connectivity index (χ0) is 24.5. The lowest BCUT2D eigenvalue weighted by molar-refractivity contribution is 0.102. The molecule has 2 aromatic heterocycles. The molecule has 3 aromatic carbocycles. The number of carbonyl (C=O) groups is 1. The van der Waals surface area contributed by atoms with E-state index >= 15 is 0 Å². The summed E-state index contributed by atoms with van der Waals surface area (Å²) in [5.74, 6) is 0.603. The van der Waals surface area contributed by atoms with Crippen molar-refractivity contribution in [1.29, 1.82) is 0 Å². The first-order valence-electron chi connectivity index (χ1n) is 11.9. The minimum Gasteiger partial charge on any atom is -0.497 e. The van der Waals surface area contributed by atoms with E-state index in [0.717, 1.165) is 57.6 Å². The molecule has 37 heavy (non-hydrogen) atoms. The first-order chi connectivity index (χ1) is 17.7. The number of amides is 1. The van der Waals surface area contributed by atoms with Crippen LogP contribution in [0.2, 0.25) is 0 Å². The Hall–Kier alpha value is -3.23. The smallest absolute Gasteiger partial charge is 0.256 e. The van der Waals surface area contributed by atoms with Gasteiger partial charge in [-0.25, -0.2) is 4.98 Å². The van der Waals surface area contributed by atoms with Crippen LogP contribution in [0.3, 0.4) is 0 Å². The molecule has 5 aromatic rings. The summed E-state index contributed by atoms with van der Waals surface area (Å²) in [4.78, 5) is 22.0. The maximum absolute atomic E-state index is 13.2. The summed E-state index contributed by atoms with van der Waals surface area (Å²) in [6.45, 7) is 2.76. The van der Waals surface area contributed by atoms with Crippen molar-refractivity contribution in [3.8, 4) is 16.3 Å². The van der Waals surface area contributed by atoms with Crippen molar-refractivity contribution >= 4 is 56.2 Å². The van der Waals surface area contributed by atoms with Gasteiger partial charge in [-0.05, 0) is 53.9 Å². The number of nitrogens with one attached hydrogen (secondary N) is 1. The van der Waals surface area contributed by atoms with Crippen LogP contribution in [0.15, 0.2) is 78.9 Å². The highest BCUT2D eigenvalue weighted by Crippen LogP contribution is 2.46. The van der Waals surface area contributed by atoms with Crippen molar-refractivity contribution in [2.24, 2.45) is 0 Å². The Balaban J connectivity index is 0.00000280. The number of rotatable bonds is 6. The standard InChI is InChI=1S/C29H25N3O2S2.ClH/c1-34-21-13-11-20(12-14-21)27(33)31-29-26(28-30-23-9-5-6-10-24(23)35-28)22-15-16-32(18-25(22)36-29)17-19-7-3-2-4-8-19;/h2-14H,15-18H2,1H3,(H,31,33);1H. The van der Waals surface area contributed by atoms with Gasteiger partial charge in [0.15, 0.2) is 0 Å². The highest BCUT2D eigenvalue weighted by Gasteiger charge is 2.28. The molecule has 1 amide bonds. The number of carbonyl (C=O) groups excluding carboxylic acids is 1. The van der Waals surface area contributed by atoms with Crippen LogP contribution in [0.5, 0.6) is 5.75 Å². The van der Waals surface area contributed by atoms with E-state index in [9.17, 15) is 4.79 Å². The number of nitrogens with zero attached hydrogens (tertiary/aromatic N) is 2. The summed E-state index contributed by atoms with van der Waals surface area (Å²) in [5, 5.41) is 5.06. The number of thiophene rings is 1. The molecule has 0 radical (unpaired) electrons. The molecule has 6 rings (SSSR count). The summed E-state index contributed by atoms with van der Waals surface area (Å²) in [6.07, 6.45) is 0.933. The fourth-order valence-corrected chi connectivity index (χ4v) is 7.04. The second-order valence-electron chi connectivity index (χ2n) is 8.82. The van der Waals surface area contributed by atoms with Gasteiger partial charge in [-0.15, -0.1) is 35.1 Å². The first-order valence-corrected chi connectivity index (χ1v) is 13.5. The van der Waals surface area contributed by atoms with Crippen LogP contribution in [0.4, 0.5) is 5.00 Å². The molecule has 3 heterocycles. The van der Waals surface area contributed by atoms with Gasteiger partial charge in [0.25, 0.3) is 5.91 Å². The third-order valence-corrected chi connectivity index (χ3v) is 8.66. The van der Waals surface area contributed by atoms with Crippen LogP contribution in [0.1, 0.15) is 26.4 Å². The molecule has 0 saturated heterocycles. The Morgan fingerprint density at radius 2 is 1.76 bits per heavy atom. The number of fused-ring (bicyclic) bond motifs is 2. The lowest BCUT2D eigenvalue weighted by atomic mass is 10.0. The molecule has 0 atom stereocenters. The number of benzene rings is 3. The summed E-state index contributed by atoms with van der Waals surface area (Å²) in [7, 11) is 1.62. The van der Waals surface area contributed by atoms with Crippen LogP contribution in [0, 0.1) is 0 Å². The van der Waals surface area contributed by atoms with E-state index in [4.69, 9.17) is 9.72 Å². The lowest BCUT2D eigenvalue weighted by Crippen LogP contribution is -2.29. The molecule has 8 heteroatoms. The monoisotopic (exact) mass is 547 g/mol. The Bertz CT molecular complexity index is 1500. The predicted molar refractivity (Wildman–Crippen MR) is 155 cm³/mol. The van der Waals surface area contributed by atoms with E-state index < -0.39 is 0 Å². The van der Waals surface area contributed by atoms with E-state index in [1.165, 1.54) is 16.0 Å². The molecule has 0 unspecified atom stereocenters. The van der Waals surface area contributed by atoms with Gasteiger partial charge in [-0.3, -0.25) is 9.69 Å². The number of aromatic nitrogens is 1. The molecule has 1 N–H and O–H groups in total. The fourth-order valence-electron chi connectivity index (χ4n) is 4.64. The van der Waals surface area contributed by atoms with Gasteiger partial charge in [-0.2, -0.15) is 0 Å². The molecule has 1 aliphatic rings. The molecule has 0 fully saturated rings. The van der Waals surface area contributed by atoms with Gasteiger partial charge < -0.3 is 10.1 Å². The summed E-state index contributed by atoms with van der Waals surface area (Å²) in [6, 6.07) is 26.0. The summed E-state index contributed by atoms with van der Waals surface area (Å²) in [5.41, 5.74) is 5.30. The molecule has 5 nitrogen and oxygen atoms in total. The first kappa shape index (κ1) is 25.4. The van der Waals surface area contributed by atoms with Crippen molar-refractivity contribution in [3.63, 3.8) is 0 Å².